The number of anilines is 1. The van der Waals surface area contributed by atoms with Crippen LogP contribution in [0.1, 0.15) is 18.4 Å². The van der Waals surface area contributed by atoms with E-state index in [4.69, 9.17) is 0 Å². The average Bonchev–Trinajstić information content (AvgIpc) is 2.46. The van der Waals surface area contributed by atoms with Gasteiger partial charge in [-0.05, 0) is 43.6 Å². The van der Waals surface area contributed by atoms with Crippen LogP contribution in [0.4, 0.5) is 10.1 Å². The fourth-order valence-electron chi connectivity index (χ4n) is 2.96. The largest absolute Gasteiger partial charge is 0.363 e. The Morgan fingerprint density at radius 3 is 2.84 bits per heavy atom. The number of benzene rings is 1. The lowest BCUT2D eigenvalue weighted by molar-refractivity contribution is -0.113. The molecular weight excluding hydrogens is 245 g/mol. The molecule has 2 aliphatic heterocycles. The molecule has 0 bridgehead atoms. The van der Waals surface area contributed by atoms with Crippen molar-refractivity contribution in [2.24, 2.45) is 0 Å². The number of hydrogen-bond donors (Lipinski definition) is 2. The fraction of sp³-hybridized carbons (Fsp3) is 0.500. The monoisotopic (exact) mass is 263 g/mol. The number of fused-ring (bicyclic) bond motifs is 1. The Balaban J connectivity index is 1.85. The summed E-state index contributed by atoms with van der Waals surface area (Å²) in [6.07, 6.45) is 2.65. The lowest BCUT2D eigenvalue weighted by atomic mass is 10.0. The van der Waals surface area contributed by atoms with Crippen molar-refractivity contribution in [2.45, 2.75) is 31.6 Å². The van der Waals surface area contributed by atoms with Crippen LogP contribution in [-0.2, 0) is 11.3 Å². The van der Waals surface area contributed by atoms with E-state index in [1.165, 1.54) is 12.1 Å². The molecule has 2 N–H and O–H groups in total. The summed E-state index contributed by atoms with van der Waals surface area (Å²) in [5, 5.41) is 6.46. The van der Waals surface area contributed by atoms with E-state index in [9.17, 15) is 9.18 Å². The number of carbonyl (C=O) groups excluding carboxylic acids is 1. The Labute approximate surface area is 112 Å². The van der Waals surface area contributed by atoms with Gasteiger partial charge in [-0.3, -0.25) is 9.69 Å². The number of rotatable bonds is 2. The zero-order valence-electron chi connectivity index (χ0n) is 10.7. The predicted octanol–water partition coefficient (Wildman–Crippen LogP) is 1.33. The predicted molar refractivity (Wildman–Crippen MR) is 71.3 cm³/mol. The summed E-state index contributed by atoms with van der Waals surface area (Å²) in [5.41, 5.74) is 1.79. The molecule has 1 aromatic rings. The topological polar surface area (TPSA) is 44.4 Å². The van der Waals surface area contributed by atoms with Crippen molar-refractivity contribution in [3.05, 3.63) is 29.6 Å². The molecule has 1 saturated heterocycles. The first-order chi connectivity index (χ1) is 9.28. The van der Waals surface area contributed by atoms with Crippen molar-refractivity contribution in [3.8, 4) is 0 Å². The number of halogens is 1. The number of hydrogen-bond acceptors (Lipinski definition) is 4. The minimum absolute atomic E-state index is 0.272. The molecule has 1 unspecified atom stereocenters. The molecule has 1 aromatic carbocycles. The fourth-order valence-corrected chi connectivity index (χ4v) is 2.96. The Bertz CT molecular complexity index is 474. The summed E-state index contributed by atoms with van der Waals surface area (Å²) in [7, 11) is 0. The molecule has 0 radical (unpaired) electrons. The van der Waals surface area contributed by atoms with Crippen molar-refractivity contribution in [3.63, 3.8) is 0 Å². The van der Waals surface area contributed by atoms with Gasteiger partial charge in [0.25, 0.3) is 0 Å². The Morgan fingerprint density at radius 1 is 1.32 bits per heavy atom. The van der Waals surface area contributed by atoms with Crippen LogP contribution in [0.5, 0.6) is 0 Å². The van der Waals surface area contributed by atoms with Crippen molar-refractivity contribution < 1.29 is 9.18 Å². The van der Waals surface area contributed by atoms with Gasteiger partial charge in [-0.2, -0.15) is 0 Å². The van der Waals surface area contributed by atoms with Crippen LogP contribution >= 0.6 is 0 Å². The van der Waals surface area contributed by atoms with Gasteiger partial charge in [0, 0.05) is 18.3 Å². The molecule has 1 atom stereocenters. The van der Waals surface area contributed by atoms with E-state index in [0.717, 1.165) is 43.5 Å². The van der Waals surface area contributed by atoms with E-state index >= 15 is 0 Å². The van der Waals surface area contributed by atoms with Gasteiger partial charge in [-0.1, -0.05) is 6.07 Å². The molecule has 2 aliphatic rings. The number of aldehydes is 1. The summed E-state index contributed by atoms with van der Waals surface area (Å²) >= 11 is 0. The number of nitrogens with zero attached hydrogens (tertiary/aromatic N) is 1. The first-order valence-corrected chi connectivity index (χ1v) is 6.74. The lowest BCUT2D eigenvalue weighted by Crippen LogP contribution is -2.53. The van der Waals surface area contributed by atoms with Crippen molar-refractivity contribution in [1.82, 2.24) is 10.2 Å². The molecule has 4 nitrogen and oxygen atoms in total. The van der Waals surface area contributed by atoms with Crippen LogP contribution in [0, 0.1) is 5.82 Å². The molecule has 5 heteroatoms. The van der Waals surface area contributed by atoms with E-state index in [2.05, 4.69) is 15.5 Å². The summed E-state index contributed by atoms with van der Waals surface area (Å²) in [4.78, 5) is 13.5. The van der Waals surface area contributed by atoms with Crippen molar-refractivity contribution in [2.75, 3.05) is 18.4 Å². The van der Waals surface area contributed by atoms with Gasteiger partial charge in [0.2, 0.25) is 0 Å². The molecule has 2 heterocycles. The van der Waals surface area contributed by atoms with Gasteiger partial charge in [-0.15, -0.1) is 0 Å². The minimum Gasteiger partial charge on any atom is -0.363 e. The minimum atomic E-state index is -0.350. The lowest BCUT2D eigenvalue weighted by Gasteiger charge is -2.42. The maximum absolute atomic E-state index is 13.2. The Hall–Kier alpha value is -1.46. The summed E-state index contributed by atoms with van der Waals surface area (Å²) in [6.45, 7) is 2.68. The highest BCUT2D eigenvalue weighted by molar-refractivity contribution is 5.67. The molecule has 0 aromatic heterocycles. The summed E-state index contributed by atoms with van der Waals surface area (Å²) in [6, 6.07) is 5.14. The van der Waals surface area contributed by atoms with Gasteiger partial charge in [0.1, 0.15) is 12.0 Å². The van der Waals surface area contributed by atoms with Crippen LogP contribution in [0.25, 0.3) is 0 Å². The van der Waals surface area contributed by atoms with Crippen LogP contribution in [0.2, 0.25) is 0 Å². The van der Waals surface area contributed by atoms with Gasteiger partial charge in [-0.25, -0.2) is 4.39 Å². The quantitative estimate of drug-likeness (QED) is 0.790. The maximum atomic E-state index is 13.2. The second kappa shape index (κ2) is 5.27. The van der Waals surface area contributed by atoms with Crippen LogP contribution in [0.15, 0.2) is 18.2 Å². The third-order valence-electron chi connectivity index (χ3n) is 3.99. The SMILES string of the molecule is O=CC1Nc2cc(F)ccc2CN1C1CCNCC1. The normalized spacial score (nSPS) is 24.6. The Kier molecular flexibility index (Phi) is 3.48. The number of nitrogens with one attached hydrogen (secondary N) is 2. The first kappa shape index (κ1) is 12.6. The van der Waals surface area contributed by atoms with Gasteiger partial charge in [0.15, 0.2) is 6.29 Å². The Morgan fingerprint density at radius 2 is 2.11 bits per heavy atom. The van der Waals surface area contributed by atoms with Crippen molar-refractivity contribution >= 4 is 12.0 Å². The number of piperidine rings is 1. The molecule has 0 spiro atoms. The molecular formula is C14H18FN3O. The van der Waals surface area contributed by atoms with Crippen LogP contribution < -0.4 is 10.6 Å². The zero-order chi connectivity index (χ0) is 13.2. The van der Waals surface area contributed by atoms with Gasteiger partial charge < -0.3 is 10.6 Å². The molecule has 3 rings (SSSR count). The third-order valence-corrected chi connectivity index (χ3v) is 3.99. The highest BCUT2D eigenvalue weighted by atomic mass is 19.1. The van der Waals surface area contributed by atoms with Gasteiger partial charge >= 0.3 is 0 Å². The molecule has 102 valence electrons. The second-order valence-corrected chi connectivity index (χ2v) is 5.18. The highest BCUT2D eigenvalue weighted by Crippen LogP contribution is 2.28. The smallest absolute Gasteiger partial charge is 0.157 e. The average molecular weight is 263 g/mol. The van der Waals surface area contributed by atoms with Crippen LogP contribution in [-0.4, -0.2) is 36.5 Å². The highest BCUT2D eigenvalue weighted by Gasteiger charge is 2.31. The standard InChI is InChI=1S/C14H18FN3O/c15-11-2-1-10-8-18(12-3-5-16-6-4-12)14(9-19)17-13(10)7-11/h1-2,7,9,12,14,16-17H,3-6,8H2. The van der Waals surface area contributed by atoms with Crippen LogP contribution in [0.3, 0.4) is 0 Å². The molecule has 0 amide bonds. The van der Waals surface area contributed by atoms with E-state index in [0.29, 0.717) is 12.6 Å². The van der Waals surface area contributed by atoms with E-state index in [-0.39, 0.29) is 12.0 Å². The van der Waals surface area contributed by atoms with E-state index in [1.54, 1.807) is 6.07 Å². The van der Waals surface area contributed by atoms with E-state index < -0.39 is 0 Å². The number of carbonyl (C=O) groups is 1. The molecule has 19 heavy (non-hydrogen) atoms. The maximum Gasteiger partial charge on any atom is 0.157 e. The third kappa shape index (κ3) is 2.48. The molecule has 1 fully saturated rings. The van der Waals surface area contributed by atoms with Gasteiger partial charge in [0.05, 0.1) is 0 Å². The summed E-state index contributed by atoms with van der Waals surface area (Å²) in [5.74, 6) is -0.272. The summed E-state index contributed by atoms with van der Waals surface area (Å²) < 4.78 is 13.2. The van der Waals surface area contributed by atoms with E-state index in [1.807, 2.05) is 0 Å². The van der Waals surface area contributed by atoms with Crippen molar-refractivity contribution in [1.29, 1.82) is 0 Å². The molecule has 0 aliphatic carbocycles. The molecule has 0 saturated carbocycles. The second-order valence-electron chi connectivity index (χ2n) is 5.18. The zero-order valence-corrected chi connectivity index (χ0v) is 10.7. The first-order valence-electron chi connectivity index (χ1n) is 6.74.